The first-order valence-corrected chi connectivity index (χ1v) is 8.43. The van der Waals surface area contributed by atoms with Crippen molar-refractivity contribution in [3.05, 3.63) is 47.6 Å². The third kappa shape index (κ3) is 4.20. The van der Waals surface area contributed by atoms with E-state index in [1.807, 2.05) is 37.3 Å². The molecule has 1 heterocycles. The van der Waals surface area contributed by atoms with E-state index in [9.17, 15) is 4.79 Å². The second kappa shape index (κ2) is 7.57. The van der Waals surface area contributed by atoms with Gasteiger partial charge in [-0.1, -0.05) is 35.5 Å². The van der Waals surface area contributed by atoms with E-state index >= 15 is 0 Å². The second-order valence-electron chi connectivity index (χ2n) is 6.10. The molecular formula is C18H23N3O3. The number of aromatic nitrogens is 2. The minimum Gasteiger partial charge on any atom is -0.465 e. The van der Waals surface area contributed by atoms with Crippen molar-refractivity contribution in [3.63, 3.8) is 0 Å². The Morgan fingerprint density at radius 3 is 2.71 bits per heavy atom. The Kier molecular flexibility index (Phi) is 5.25. The standard InChI is InChI=1S/C18H23N3O3/c1-3-23-18(22)16(11-14-7-5-4-6-8-14)21(15-9-10-15)12-17-19-13(2)20-24-17/h4-8,15-16H,3,9-12H2,1-2H3/t16-/m0/s1. The molecule has 1 atom stereocenters. The lowest BCUT2D eigenvalue weighted by Gasteiger charge is -2.29. The molecule has 0 N–H and O–H groups in total. The maximum Gasteiger partial charge on any atom is 0.323 e. The van der Waals surface area contributed by atoms with Gasteiger partial charge in [-0.3, -0.25) is 9.69 Å². The molecule has 1 aromatic heterocycles. The highest BCUT2D eigenvalue weighted by Crippen LogP contribution is 2.31. The van der Waals surface area contributed by atoms with Gasteiger partial charge >= 0.3 is 5.97 Å². The van der Waals surface area contributed by atoms with Crippen molar-refractivity contribution in [2.24, 2.45) is 0 Å². The van der Waals surface area contributed by atoms with Crippen molar-refractivity contribution < 1.29 is 14.1 Å². The smallest absolute Gasteiger partial charge is 0.323 e. The van der Waals surface area contributed by atoms with Crippen LogP contribution in [0.1, 0.15) is 37.0 Å². The predicted molar refractivity (Wildman–Crippen MR) is 88.2 cm³/mol. The van der Waals surface area contributed by atoms with Gasteiger partial charge in [-0.2, -0.15) is 4.98 Å². The van der Waals surface area contributed by atoms with E-state index in [-0.39, 0.29) is 12.0 Å². The van der Waals surface area contributed by atoms with E-state index in [4.69, 9.17) is 9.26 Å². The van der Waals surface area contributed by atoms with Crippen molar-refractivity contribution in [1.82, 2.24) is 15.0 Å². The molecule has 0 amide bonds. The molecule has 2 aromatic rings. The van der Waals surface area contributed by atoms with Crippen molar-refractivity contribution in [2.75, 3.05) is 6.61 Å². The van der Waals surface area contributed by atoms with Crippen LogP contribution in [0, 0.1) is 6.92 Å². The topological polar surface area (TPSA) is 68.5 Å². The van der Waals surface area contributed by atoms with Crippen molar-refractivity contribution >= 4 is 5.97 Å². The van der Waals surface area contributed by atoms with Crippen LogP contribution in [0.25, 0.3) is 0 Å². The number of benzene rings is 1. The summed E-state index contributed by atoms with van der Waals surface area (Å²) in [4.78, 5) is 19.0. The van der Waals surface area contributed by atoms with Crippen molar-refractivity contribution in [3.8, 4) is 0 Å². The number of aryl methyl sites for hydroxylation is 1. The summed E-state index contributed by atoms with van der Waals surface area (Å²) in [6.07, 6.45) is 2.78. The number of nitrogens with zero attached hydrogens (tertiary/aromatic N) is 3. The van der Waals surface area contributed by atoms with Crippen LogP contribution in [-0.2, 0) is 22.5 Å². The fourth-order valence-electron chi connectivity index (χ4n) is 2.87. The van der Waals surface area contributed by atoms with Crippen LogP contribution in [0.15, 0.2) is 34.9 Å². The molecule has 0 radical (unpaired) electrons. The van der Waals surface area contributed by atoms with Gasteiger partial charge in [0.1, 0.15) is 6.04 Å². The Balaban J connectivity index is 1.81. The molecule has 128 valence electrons. The number of esters is 1. The SMILES string of the molecule is CCOC(=O)[C@H](Cc1ccccc1)N(Cc1nc(C)no1)C1CC1. The van der Waals surface area contributed by atoms with E-state index in [1.165, 1.54) is 0 Å². The summed E-state index contributed by atoms with van der Waals surface area (Å²) in [6, 6.07) is 10.0. The van der Waals surface area contributed by atoms with Gasteiger partial charge in [-0.05, 0) is 38.7 Å². The highest BCUT2D eigenvalue weighted by Gasteiger charge is 2.39. The van der Waals surface area contributed by atoms with Crippen molar-refractivity contribution in [2.45, 2.75) is 51.7 Å². The van der Waals surface area contributed by atoms with Crippen LogP contribution >= 0.6 is 0 Å². The quantitative estimate of drug-likeness (QED) is 0.693. The lowest BCUT2D eigenvalue weighted by molar-refractivity contribution is -0.150. The molecule has 1 aliphatic carbocycles. The van der Waals surface area contributed by atoms with Gasteiger partial charge < -0.3 is 9.26 Å². The predicted octanol–water partition coefficient (Wildman–Crippen LogP) is 2.52. The minimum atomic E-state index is -0.341. The van der Waals surface area contributed by atoms with Crippen LogP contribution in [-0.4, -0.2) is 39.7 Å². The van der Waals surface area contributed by atoms with Crippen LogP contribution in [0.5, 0.6) is 0 Å². The number of hydrogen-bond donors (Lipinski definition) is 0. The molecule has 0 spiro atoms. The Labute approximate surface area is 141 Å². The van der Waals surface area contributed by atoms with Gasteiger partial charge in [0.2, 0.25) is 5.89 Å². The molecule has 0 aliphatic heterocycles. The fourth-order valence-corrected chi connectivity index (χ4v) is 2.87. The van der Waals surface area contributed by atoms with Gasteiger partial charge in [-0.15, -0.1) is 0 Å². The molecule has 0 saturated heterocycles. The zero-order valence-electron chi connectivity index (χ0n) is 14.1. The average molecular weight is 329 g/mol. The molecule has 24 heavy (non-hydrogen) atoms. The number of ether oxygens (including phenoxy) is 1. The Bertz CT molecular complexity index is 667. The van der Waals surface area contributed by atoms with Gasteiger partial charge in [-0.25, -0.2) is 0 Å². The molecule has 6 heteroatoms. The lowest BCUT2D eigenvalue weighted by atomic mass is 10.0. The van der Waals surface area contributed by atoms with E-state index < -0.39 is 0 Å². The lowest BCUT2D eigenvalue weighted by Crippen LogP contribution is -2.44. The fraction of sp³-hybridized carbons (Fsp3) is 0.500. The number of rotatable bonds is 8. The third-order valence-corrected chi connectivity index (χ3v) is 4.13. The van der Waals surface area contributed by atoms with Crippen LogP contribution in [0.3, 0.4) is 0 Å². The monoisotopic (exact) mass is 329 g/mol. The van der Waals surface area contributed by atoms with Crippen LogP contribution < -0.4 is 0 Å². The van der Waals surface area contributed by atoms with Crippen LogP contribution in [0.2, 0.25) is 0 Å². The van der Waals surface area contributed by atoms with Gasteiger partial charge in [0.25, 0.3) is 0 Å². The van der Waals surface area contributed by atoms with Gasteiger partial charge in [0.15, 0.2) is 5.82 Å². The maximum absolute atomic E-state index is 12.6. The summed E-state index contributed by atoms with van der Waals surface area (Å²) in [5.41, 5.74) is 1.11. The van der Waals surface area contributed by atoms with Gasteiger partial charge in [0.05, 0.1) is 13.2 Å². The van der Waals surface area contributed by atoms with E-state index in [1.54, 1.807) is 6.92 Å². The molecule has 1 fully saturated rings. The highest BCUT2D eigenvalue weighted by atomic mass is 16.5. The molecule has 1 saturated carbocycles. The number of hydrogen-bond acceptors (Lipinski definition) is 6. The first-order valence-electron chi connectivity index (χ1n) is 8.43. The Hall–Kier alpha value is -2.21. The van der Waals surface area contributed by atoms with E-state index in [2.05, 4.69) is 15.0 Å². The number of carbonyl (C=O) groups excluding carboxylic acids is 1. The average Bonchev–Trinajstić information content (AvgIpc) is 3.34. The Morgan fingerprint density at radius 1 is 1.38 bits per heavy atom. The molecule has 3 rings (SSSR count). The minimum absolute atomic E-state index is 0.190. The van der Waals surface area contributed by atoms with Gasteiger partial charge in [0, 0.05) is 6.04 Å². The summed E-state index contributed by atoms with van der Waals surface area (Å²) in [5.74, 6) is 0.961. The zero-order chi connectivity index (χ0) is 16.9. The van der Waals surface area contributed by atoms with E-state index in [0.717, 1.165) is 18.4 Å². The summed E-state index contributed by atoms with van der Waals surface area (Å²) < 4.78 is 10.6. The van der Waals surface area contributed by atoms with Crippen LogP contribution in [0.4, 0.5) is 0 Å². The highest BCUT2D eigenvalue weighted by molar-refractivity contribution is 5.76. The van der Waals surface area contributed by atoms with E-state index in [0.29, 0.717) is 37.3 Å². The normalized spacial score (nSPS) is 15.5. The van der Waals surface area contributed by atoms with Crippen molar-refractivity contribution in [1.29, 1.82) is 0 Å². The largest absolute Gasteiger partial charge is 0.465 e. The third-order valence-electron chi connectivity index (χ3n) is 4.13. The summed E-state index contributed by atoms with van der Waals surface area (Å²) >= 11 is 0. The maximum atomic E-state index is 12.6. The first-order chi connectivity index (χ1) is 11.7. The molecular weight excluding hydrogens is 306 g/mol. The first kappa shape index (κ1) is 16.6. The molecule has 6 nitrogen and oxygen atoms in total. The molecule has 1 aromatic carbocycles. The molecule has 0 bridgehead atoms. The Morgan fingerprint density at radius 2 is 2.12 bits per heavy atom. The second-order valence-corrected chi connectivity index (χ2v) is 6.10. The molecule has 0 unspecified atom stereocenters. The summed E-state index contributed by atoms with van der Waals surface area (Å²) in [7, 11) is 0. The molecule has 1 aliphatic rings. The zero-order valence-corrected chi connectivity index (χ0v) is 14.1. The number of carbonyl (C=O) groups is 1. The summed E-state index contributed by atoms with van der Waals surface area (Å²) in [5, 5.41) is 3.84. The summed E-state index contributed by atoms with van der Waals surface area (Å²) in [6.45, 7) is 4.48.